The molecule has 0 aromatic rings. The number of quaternary nitrogens is 1. The van der Waals surface area contributed by atoms with Crippen LogP contribution in [0.5, 0.6) is 0 Å². The lowest BCUT2D eigenvalue weighted by Gasteiger charge is -2.66. The number of nitrogens with zero attached hydrogens (tertiary/aromatic N) is 1. The molecule has 6 aliphatic carbocycles. The van der Waals surface area contributed by atoms with Crippen molar-refractivity contribution in [1.29, 1.82) is 0 Å². The first-order valence-corrected chi connectivity index (χ1v) is 19.8. The SMILES string of the molecule is CCCCCCCC[N+](C)(C)CC(=O)O[C@H]1CC[C@@]2(C)C(CC[C@@]34C[C@]35CC[C@]36CCC(C)(C)[C@H](OC3)C6C5CCC24)C1(C)C. The van der Waals surface area contributed by atoms with Crippen LogP contribution in [0.25, 0.3) is 0 Å². The van der Waals surface area contributed by atoms with Crippen molar-refractivity contribution in [2.24, 2.45) is 56.2 Å². The fourth-order valence-electron chi connectivity index (χ4n) is 14.6. The molecule has 0 aromatic heterocycles. The molecule has 0 aromatic carbocycles. The van der Waals surface area contributed by atoms with Crippen molar-refractivity contribution in [3.05, 3.63) is 0 Å². The molecule has 0 amide bonds. The van der Waals surface area contributed by atoms with Gasteiger partial charge in [0.15, 0.2) is 6.54 Å². The fraction of sp³-hybridized carbons (Fsp3) is 0.976. The van der Waals surface area contributed by atoms with Crippen LogP contribution in [-0.2, 0) is 14.3 Å². The first-order chi connectivity index (χ1) is 21.2. The molecule has 10 atom stereocenters. The molecule has 1 heterocycles. The Morgan fingerprint density at radius 1 is 0.800 bits per heavy atom. The number of fused-ring (bicyclic) bond motifs is 2. The van der Waals surface area contributed by atoms with Crippen molar-refractivity contribution in [2.45, 2.75) is 163 Å². The minimum absolute atomic E-state index is 0.0324. The Hall–Kier alpha value is -0.610. The van der Waals surface area contributed by atoms with Gasteiger partial charge in [0.2, 0.25) is 0 Å². The standard InChI is InChI=1S/C41H70NO3/c1-9-10-11-12-13-14-25-42(7,8)26-33(43)45-32-18-19-38(6)30(37(32,4)5)17-20-41-27-40(41)24-23-39-22-21-36(2,3)35(44-28-39)34(39)29(40)15-16-31(38)41/h29-32,34-35H,9-28H2,1-8H3/q+1/t29?,30?,31?,32-,34?,35+,38-,39+,40-,41-/m0/s1. The number of esters is 1. The number of unbranched alkanes of at least 4 members (excludes halogenated alkanes) is 5. The summed E-state index contributed by atoms with van der Waals surface area (Å²) >= 11 is 0. The van der Waals surface area contributed by atoms with E-state index in [9.17, 15) is 4.79 Å². The van der Waals surface area contributed by atoms with Gasteiger partial charge in [-0.1, -0.05) is 67.2 Å². The largest absolute Gasteiger partial charge is 0.458 e. The van der Waals surface area contributed by atoms with Gasteiger partial charge in [0.25, 0.3) is 0 Å². The van der Waals surface area contributed by atoms with E-state index in [1.807, 2.05) is 0 Å². The fourth-order valence-corrected chi connectivity index (χ4v) is 14.6. The Morgan fingerprint density at radius 2 is 1.53 bits per heavy atom. The van der Waals surface area contributed by atoms with E-state index in [1.165, 1.54) is 103 Å². The minimum Gasteiger partial charge on any atom is -0.458 e. The molecule has 7 rings (SSSR count). The second-order valence-electron chi connectivity index (χ2n) is 20.4. The van der Waals surface area contributed by atoms with E-state index in [2.05, 4.69) is 55.6 Å². The number of hydrogen-bond acceptors (Lipinski definition) is 3. The lowest BCUT2D eigenvalue weighted by atomic mass is 9.39. The van der Waals surface area contributed by atoms with Crippen LogP contribution >= 0.6 is 0 Å². The zero-order valence-electron chi connectivity index (χ0n) is 30.8. The summed E-state index contributed by atoms with van der Waals surface area (Å²) < 4.78 is 14.0. The number of carbonyl (C=O) groups is 1. The zero-order chi connectivity index (χ0) is 32.1. The molecule has 45 heavy (non-hydrogen) atoms. The topological polar surface area (TPSA) is 35.5 Å². The van der Waals surface area contributed by atoms with Crippen molar-refractivity contribution < 1.29 is 18.8 Å². The average molecular weight is 625 g/mol. The average Bonchev–Trinajstić information content (AvgIpc) is 3.50. The first kappa shape index (κ1) is 32.9. The Bertz CT molecular complexity index is 1140. The summed E-state index contributed by atoms with van der Waals surface area (Å²) in [4.78, 5) is 13.4. The normalized spacial score (nSPS) is 47.0. The summed E-state index contributed by atoms with van der Waals surface area (Å²) in [5.41, 5.74) is 2.44. The maximum atomic E-state index is 13.4. The molecular formula is C41H70NO3+. The minimum atomic E-state index is 0.0324. The van der Waals surface area contributed by atoms with E-state index in [-0.39, 0.29) is 17.5 Å². The van der Waals surface area contributed by atoms with Gasteiger partial charge in [-0.05, 0) is 134 Å². The molecule has 4 heteroatoms. The highest BCUT2D eigenvalue weighted by Crippen LogP contribution is 2.88. The predicted octanol–water partition coefficient (Wildman–Crippen LogP) is 9.59. The molecule has 0 radical (unpaired) electrons. The van der Waals surface area contributed by atoms with Gasteiger partial charge in [-0.15, -0.1) is 0 Å². The van der Waals surface area contributed by atoms with Crippen molar-refractivity contribution in [3.8, 4) is 0 Å². The van der Waals surface area contributed by atoms with Gasteiger partial charge >= 0.3 is 5.97 Å². The molecular weight excluding hydrogens is 554 g/mol. The highest BCUT2D eigenvalue weighted by molar-refractivity contribution is 5.70. The van der Waals surface area contributed by atoms with Gasteiger partial charge < -0.3 is 14.0 Å². The summed E-state index contributed by atoms with van der Waals surface area (Å²) in [5.74, 6) is 3.25. The molecule has 2 bridgehead atoms. The predicted molar refractivity (Wildman–Crippen MR) is 183 cm³/mol. The smallest absolute Gasteiger partial charge is 0.362 e. The Morgan fingerprint density at radius 3 is 2.31 bits per heavy atom. The van der Waals surface area contributed by atoms with Crippen LogP contribution in [0.2, 0.25) is 0 Å². The van der Waals surface area contributed by atoms with Crippen molar-refractivity contribution in [1.82, 2.24) is 0 Å². The summed E-state index contributed by atoms with van der Waals surface area (Å²) in [6.07, 6.45) is 23.5. The summed E-state index contributed by atoms with van der Waals surface area (Å²) in [6, 6.07) is 0. The third kappa shape index (κ3) is 4.88. The number of likely N-dealkylation sites (N-methyl/N-ethyl adjacent to an activating group) is 1. The molecule has 0 N–H and O–H groups in total. The summed E-state index contributed by atoms with van der Waals surface area (Å²) in [5, 5.41) is 0. The Labute approximate surface area is 277 Å². The van der Waals surface area contributed by atoms with E-state index in [0.29, 0.717) is 45.6 Å². The molecule has 2 spiro atoms. The monoisotopic (exact) mass is 625 g/mol. The lowest BCUT2D eigenvalue weighted by molar-refractivity contribution is -0.883. The zero-order valence-corrected chi connectivity index (χ0v) is 30.8. The molecule has 1 saturated heterocycles. The number of ether oxygens (including phenoxy) is 2. The molecule has 4 nitrogen and oxygen atoms in total. The number of carbonyl (C=O) groups excluding carboxylic acids is 1. The van der Waals surface area contributed by atoms with Crippen LogP contribution in [0.15, 0.2) is 0 Å². The van der Waals surface area contributed by atoms with Gasteiger partial charge in [-0.25, -0.2) is 4.79 Å². The van der Waals surface area contributed by atoms with Crippen LogP contribution in [-0.4, -0.2) is 56.5 Å². The lowest BCUT2D eigenvalue weighted by Crippen LogP contribution is -2.61. The second-order valence-corrected chi connectivity index (χ2v) is 20.4. The Balaban J connectivity index is 1.01. The third-order valence-corrected chi connectivity index (χ3v) is 16.9. The van der Waals surface area contributed by atoms with Gasteiger partial charge in [0.1, 0.15) is 6.10 Å². The van der Waals surface area contributed by atoms with Gasteiger partial charge in [-0.2, -0.15) is 0 Å². The number of hydrogen-bond donors (Lipinski definition) is 0. The molecule has 1 aliphatic heterocycles. The second kappa shape index (κ2) is 10.9. The highest BCUT2D eigenvalue weighted by Gasteiger charge is 2.82. The van der Waals surface area contributed by atoms with Gasteiger partial charge in [0.05, 0.1) is 33.4 Å². The molecule has 256 valence electrons. The van der Waals surface area contributed by atoms with E-state index < -0.39 is 0 Å². The van der Waals surface area contributed by atoms with Crippen LogP contribution in [0, 0.1) is 56.2 Å². The van der Waals surface area contributed by atoms with Crippen LogP contribution in [0.1, 0.15) is 151 Å². The van der Waals surface area contributed by atoms with Crippen LogP contribution in [0.3, 0.4) is 0 Å². The third-order valence-electron chi connectivity index (χ3n) is 16.9. The maximum absolute atomic E-state index is 13.4. The molecule has 6 saturated carbocycles. The quantitative estimate of drug-likeness (QED) is 0.138. The van der Waals surface area contributed by atoms with Crippen molar-refractivity contribution in [2.75, 3.05) is 33.8 Å². The van der Waals surface area contributed by atoms with E-state index in [0.717, 1.165) is 41.8 Å². The van der Waals surface area contributed by atoms with E-state index >= 15 is 0 Å². The van der Waals surface area contributed by atoms with Crippen LogP contribution in [0.4, 0.5) is 0 Å². The van der Waals surface area contributed by atoms with E-state index in [4.69, 9.17) is 9.47 Å². The van der Waals surface area contributed by atoms with Gasteiger partial charge in [-0.3, -0.25) is 0 Å². The molecule has 7 fully saturated rings. The summed E-state index contributed by atoms with van der Waals surface area (Å²) in [6.45, 7) is 17.6. The van der Waals surface area contributed by atoms with E-state index in [1.54, 1.807) is 0 Å². The highest BCUT2D eigenvalue weighted by atomic mass is 16.5. The van der Waals surface area contributed by atoms with Gasteiger partial charge in [0, 0.05) is 5.41 Å². The summed E-state index contributed by atoms with van der Waals surface area (Å²) in [7, 11) is 4.44. The first-order valence-electron chi connectivity index (χ1n) is 19.8. The Kier molecular flexibility index (Phi) is 8.01. The van der Waals surface area contributed by atoms with Crippen molar-refractivity contribution >= 4 is 5.97 Å². The van der Waals surface area contributed by atoms with Crippen molar-refractivity contribution in [3.63, 3.8) is 0 Å². The maximum Gasteiger partial charge on any atom is 0.362 e. The molecule has 7 aliphatic rings. The molecule has 4 unspecified atom stereocenters. The number of rotatable bonds is 10. The van der Waals surface area contributed by atoms with Crippen LogP contribution < -0.4 is 0 Å².